The molecule has 0 unspecified atom stereocenters. The number of anilines is 1. The Hall–Kier alpha value is -1.76. The van der Waals surface area contributed by atoms with Crippen LogP contribution >= 0.6 is 0 Å². The van der Waals surface area contributed by atoms with Gasteiger partial charge in [0.2, 0.25) is 5.91 Å². The second kappa shape index (κ2) is 7.74. The number of carbonyl (C=O) groups excluding carboxylic acids is 1. The minimum atomic E-state index is -4.38. The molecule has 112 valence electrons. The number of nitrogens with one attached hydrogen (secondary N) is 1. The van der Waals surface area contributed by atoms with Gasteiger partial charge >= 0.3 is 6.18 Å². The molecule has 1 aromatic rings. The van der Waals surface area contributed by atoms with Gasteiger partial charge in [-0.15, -0.1) is 0 Å². The number of rotatable bonds is 7. The fraction of sp³-hybridized carbons (Fsp3) is 0.462. The van der Waals surface area contributed by atoms with Crippen molar-refractivity contribution in [1.82, 2.24) is 0 Å². The third kappa shape index (κ3) is 6.42. The van der Waals surface area contributed by atoms with E-state index in [0.29, 0.717) is 18.0 Å². The van der Waals surface area contributed by atoms with Crippen LogP contribution in [0.5, 0.6) is 5.75 Å². The lowest BCUT2D eigenvalue weighted by atomic mass is 10.3. The van der Waals surface area contributed by atoms with E-state index >= 15 is 0 Å². The van der Waals surface area contributed by atoms with Gasteiger partial charge in [0, 0.05) is 0 Å². The summed E-state index contributed by atoms with van der Waals surface area (Å²) in [5.41, 5.74) is 0.482. The summed E-state index contributed by atoms with van der Waals surface area (Å²) in [7, 11) is 0. The average Bonchev–Trinajstić information content (AvgIpc) is 2.36. The zero-order chi connectivity index (χ0) is 15.0. The fourth-order valence-electron chi connectivity index (χ4n) is 1.42. The van der Waals surface area contributed by atoms with E-state index in [0.717, 1.165) is 0 Å². The normalized spacial score (nSPS) is 11.2. The molecular weight excluding hydrogens is 275 g/mol. The third-order valence-electron chi connectivity index (χ3n) is 2.20. The molecule has 0 fully saturated rings. The van der Waals surface area contributed by atoms with Crippen molar-refractivity contribution in [2.45, 2.75) is 19.5 Å². The average molecular weight is 291 g/mol. The third-order valence-corrected chi connectivity index (χ3v) is 2.20. The quantitative estimate of drug-likeness (QED) is 0.786. The van der Waals surface area contributed by atoms with Crippen LogP contribution in [0.2, 0.25) is 0 Å². The first-order chi connectivity index (χ1) is 9.42. The van der Waals surface area contributed by atoms with E-state index in [1.165, 1.54) is 0 Å². The van der Waals surface area contributed by atoms with E-state index in [1.54, 1.807) is 24.3 Å². The standard InChI is InChI=1S/C13H16F3NO3/c1-2-20-11-6-4-3-5-10(11)17-12(18)7-8-19-9-13(14,15)16/h3-6H,2,7-9H2,1H3,(H,17,18). The number of ether oxygens (including phenoxy) is 2. The Morgan fingerprint density at radius 1 is 1.30 bits per heavy atom. The van der Waals surface area contributed by atoms with Gasteiger partial charge in [-0.25, -0.2) is 0 Å². The van der Waals surface area contributed by atoms with E-state index in [2.05, 4.69) is 10.1 Å². The number of carbonyl (C=O) groups is 1. The SMILES string of the molecule is CCOc1ccccc1NC(=O)CCOCC(F)(F)F. The number of hydrogen-bond donors (Lipinski definition) is 1. The van der Waals surface area contributed by atoms with Crippen LogP contribution < -0.4 is 10.1 Å². The van der Waals surface area contributed by atoms with Gasteiger partial charge in [-0.3, -0.25) is 4.79 Å². The van der Waals surface area contributed by atoms with Crippen molar-refractivity contribution in [3.63, 3.8) is 0 Å². The maximum Gasteiger partial charge on any atom is 0.411 e. The fourth-order valence-corrected chi connectivity index (χ4v) is 1.42. The Balaban J connectivity index is 2.39. The molecule has 1 amide bonds. The van der Waals surface area contributed by atoms with Gasteiger partial charge < -0.3 is 14.8 Å². The molecule has 0 aliphatic rings. The Labute approximate surface area is 114 Å². The zero-order valence-electron chi connectivity index (χ0n) is 11.0. The summed E-state index contributed by atoms with van der Waals surface area (Å²) in [5, 5.41) is 2.57. The summed E-state index contributed by atoms with van der Waals surface area (Å²) in [5.74, 6) is 0.0823. The van der Waals surface area contributed by atoms with E-state index < -0.39 is 18.7 Å². The summed E-state index contributed by atoms with van der Waals surface area (Å²) >= 11 is 0. The summed E-state index contributed by atoms with van der Waals surface area (Å²) in [6, 6.07) is 6.82. The molecule has 0 bridgehead atoms. The molecule has 0 aromatic heterocycles. The predicted molar refractivity (Wildman–Crippen MR) is 67.7 cm³/mol. The summed E-state index contributed by atoms with van der Waals surface area (Å²) in [6.07, 6.45) is -4.53. The number of amides is 1. The summed E-state index contributed by atoms with van der Waals surface area (Å²) in [4.78, 5) is 11.6. The van der Waals surface area contributed by atoms with E-state index in [1.807, 2.05) is 6.92 Å². The van der Waals surface area contributed by atoms with Crippen LogP contribution in [0.3, 0.4) is 0 Å². The van der Waals surface area contributed by atoms with Gasteiger partial charge in [-0.1, -0.05) is 12.1 Å². The summed E-state index contributed by atoms with van der Waals surface area (Å²) < 4.78 is 45.1. The van der Waals surface area contributed by atoms with E-state index in [4.69, 9.17) is 4.74 Å². The lowest BCUT2D eigenvalue weighted by Crippen LogP contribution is -2.20. The van der Waals surface area contributed by atoms with Crippen LogP contribution in [0, 0.1) is 0 Å². The molecule has 1 rings (SSSR count). The Morgan fingerprint density at radius 3 is 2.65 bits per heavy atom. The number of para-hydroxylation sites is 2. The van der Waals surface area contributed by atoms with Gasteiger partial charge in [0.05, 0.1) is 25.3 Å². The van der Waals surface area contributed by atoms with Gasteiger partial charge in [-0.2, -0.15) is 13.2 Å². The van der Waals surface area contributed by atoms with Crippen molar-refractivity contribution in [2.75, 3.05) is 25.1 Å². The maximum absolute atomic E-state index is 11.8. The van der Waals surface area contributed by atoms with Crippen LogP contribution in [-0.4, -0.2) is 31.9 Å². The topological polar surface area (TPSA) is 47.6 Å². The van der Waals surface area contributed by atoms with Crippen LogP contribution in [0.4, 0.5) is 18.9 Å². The first kappa shape index (κ1) is 16.3. The van der Waals surface area contributed by atoms with Gasteiger partial charge in [0.1, 0.15) is 12.4 Å². The number of benzene rings is 1. The molecular formula is C13H16F3NO3. The number of halogens is 3. The highest BCUT2D eigenvalue weighted by atomic mass is 19.4. The second-order valence-corrected chi connectivity index (χ2v) is 3.90. The molecule has 1 N–H and O–H groups in total. The molecule has 0 aliphatic carbocycles. The highest BCUT2D eigenvalue weighted by Gasteiger charge is 2.27. The number of alkyl halides is 3. The second-order valence-electron chi connectivity index (χ2n) is 3.90. The number of hydrogen-bond acceptors (Lipinski definition) is 3. The predicted octanol–water partition coefficient (Wildman–Crippen LogP) is 2.99. The molecule has 0 radical (unpaired) electrons. The van der Waals surface area contributed by atoms with Gasteiger partial charge in [-0.05, 0) is 19.1 Å². The van der Waals surface area contributed by atoms with E-state index in [-0.39, 0.29) is 13.0 Å². The van der Waals surface area contributed by atoms with Crippen molar-refractivity contribution in [3.8, 4) is 5.75 Å². The molecule has 0 aliphatic heterocycles. The first-order valence-electron chi connectivity index (χ1n) is 6.08. The van der Waals surface area contributed by atoms with Gasteiger partial charge in [0.25, 0.3) is 0 Å². The van der Waals surface area contributed by atoms with Crippen LogP contribution in [0.25, 0.3) is 0 Å². The largest absolute Gasteiger partial charge is 0.492 e. The maximum atomic E-state index is 11.8. The Bertz CT molecular complexity index is 435. The van der Waals surface area contributed by atoms with Crippen molar-refractivity contribution in [2.24, 2.45) is 0 Å². The lowest BCUT2D eigenvalue weighted by Gasteiger charge is -2.11. The molecule has 0 saturated carbocycles. The smallest absolute Gasteiger partial charge is 0.411 e. The molecule has 20 heavy (non-hydrogen) atoms. The zero-order valence-corrected chi connectivity index (χ0v) is 11.0. The monoisotopic (exact) mass is 291 g/mol. The molecule has 4 nitrogen and oxygen atoms in total. The van der Waals surface area contributed by atoms with Crippen LogP contribution in [0.1, 0.15) is 13.3 Å². The van der Waals surface area contributed by atoms with Crippen LogP contribution in [-0.2, 0) is 9.53 Å². The van der Waals surface area contributed by atoms with Crippen LogP contribution in [0.15, 0.2) is 24.3 Å². The van der Waals surface area contributed by atoms with Crippen molar-refractivity contribution in [1.29, 1.82) is 0 Å². The molecule has 0 heterocycles. The highest BCUT2D eigenvalue weighted by molar-refractivity contribution is 5.92. The highest BCUT2D eigenvalue weighted by Crippen LogP contribution is 2.23. The summed E-state index contributed by atoms with van der Waals surface area (Å²) in [6.45, 7) is 0.614. The molecule has 0 spiro atoms. The lowest BCUT2D eigenvalue weighted by molar-refractivity contribution is -0.174. The minimum Gasteiger partial charge on any atom is -0.492 e. The first-order valence-corrected chi connectivity index (χ1v) is 6.08. The molecule has 0 saturated heterocycles. The Morgan fingerprint density at radius 2 is 2.00 bits per heavy atom. The van der Waals surface area contributed by atoms with Crippen molar-refractivity contribution in [3.05, 3.63) is 24.3 Å². The molecule has 7 heteroatoms. The molecule has 0 atom stereocenters. The van der Waals surface area contributed by atoms with Crippen molar-refractivity contribution < 1.29 is 27.4 Å². The van der Waals surface area contributed by atoms with Crippen molar-refractivity contribution >= 4 is 11.6 Å². The van der Waals surface area contributed by atoms with E-state index in [9.17, 15) is 18.0 Å². The minimum absolute atomic E-state index is 0.156. The van der Waals surface area contributed by atoms with Gasteiger partial charge in [0.15, 0.2) is 0 Å². The molecule has 1 aromatic carbocycles. The Kier molecular flexibility index (Phi) is 6.30.